The molecule has 0 spiro atoms. The number of aryl methyl sites for hydroxylation is 1. The van der Waals surface area contributed by atoms with Crippen molar-refractivity contribution in [2.75, 3.05) is 12.4 Å². The van der Waals surface area contributed by atoms with E-state index < -0.39 is 10.0 Å². The van der Waals surface area contributed by atoms with Crippen molar-refractivity contribution >= 4 is 27.2 Å². The van der Waals surface area contributed by atoms with Gasteiger partial charge in [0.2, 0.25) is 10.0 Å². The number of nitrogens with zero attached hydrogens (tertiary/aromatic N) is 1. The molecule has 3 nitrogen and oxygen atoms in total. The summed E-state index contributed by atoms with van der Waals surface area (Å²) in [5, 5.41) is 0. The molecule has 3 rings (SSSR count). The third-order valence-electron chi connectivity index (χ3n) is 4.91. The fourth-order valence-corrected chi connectivity index (χ4v) is 5.47. The van der Waals surface area contributed by atoms with Crippen molar-refractivity contribution in [3.05, 3.63) is 71.3 Å². The van der Waals surface area contributed by atoms with Crippen LogP contribution in [0.25, 0.3) is 5.57 Å². The molecular formula is C21H24ClNO2S. The minimum Gasteiger partial charge on any atom is -0.207 e. The number of hydrogen-bond acceptors (Lipinski definition) is 2. The van der Waals surface area contributed by atoms with E-state index in [2.05, 4.69) is 6.92 Å². The molecule has 0 fully saturated rings. The second-order valence-electron chi connectivity index (χ2n) is 6.67. The van der Waals surface area contributed by atoms with Crippen molar-refractivity contribution in [2.45, 2.75) is 37.6 Å². The van der Waals surface area contributed by atoms with Crippen molar-refractivity contribution < 1.29 is 8.42 Å². The van der Waals surface area contributed by atoms with Crippen LogP contribution in [0.1, 0.15) is 30.9 Å². The van der Waals surface area contributed by atoms with Crippen molar-refractivity contribution in [2.24, 2.45) is 0 Å². The summed E-state index contributed by atoms with van der Waals surface area (Å²) in [6.45, 7) is 4.39. The molecule has 1 aliphatic heterocycles. The number of alkyl halides is 1. The zero-order valence-corrected chi connectivity index (χ0v) is 16.7. The van der Waals surface area contributed by atoms with Gasteiger partial charge in [-0.05, 0) is 42.2 Å². The fourth-order valence-electron chi connectivity index (χ4n) is 3.52. The molecule has 26 heavy (non-hydrogen) atoms. The lowest BCUT2D eigenvalue weighted by Gasteiger charge is -2.26. The molecule has 0 saturated heterocycles. The van der Waals surface area contributed by atoms with Crippen LogP contribution in [0.3, 0.4) is 0 Å². The lowest BCUT2D eigenvalue weighted by molar-refractivity contribution is 0.384. The second kappa shape index (κ2) is 7.95. The Bertz CT molecular complexity index is 889. The molecule has 5 heteroatoms. The van der Waals surface area contributed by atoms with Gasteiger partial charge in [-0.1, -0.05) is 61.4 Å². The van der Waals surface area contributed by atoms with E-state index in [1.807, 2.05) is 49.4 Å². The van der Waals surface area contributed by atoms with E-state index in [1.54, 1.807) is 16.4 Å². The maximum Gasteiger partial charge on any atom is 0.243 e. The second-order valence-corrected chi connectivity index (χ2v) is 8.83. The summed E-state index contributed by atoms with van der Waals surface area (Å²) in [6.07, 6.45) is 1.66. The molecule has 1 atom stereocenters. The SMILES string of the molecule is CCCC1C(CCl)=C(c2ccccc2)CN1S(=O)(=O)c1ccc(C)cc1. The maximum atomic E-state index is 13.3. The van der Waals surface area contributed by atoms with Crippen molar-refractivity contribution in [1.82, 2.24) is 4.31 Å². The molecule has 0 bridgehead atoms. The Hall–Kier alpha value is -1.62. The van der Waals surface area contributed by atoms with Crippen LogP contribution >= 0.6 is 11.6 Å². The Kier molecular flexibility index (Phi) is 5.86. The molecule has 2 aromatic rings. The molecular weight excluding hydrogens is 366 g/mol. The average molecular weight is 390 g/mol. The van der Waals surface area contributed by atoms with Crippen LogP contribution in [-0.4, -0.2) is 31.2 Å². The first-order valence-corrected chi connectivity index (χ1v) is 10.9. The summed E-state index contributed by atoms with van der Waals surface area (Å²) in [7, 11) is -3.58. The highest BCUT2D eigenvalue weighted by Crippen LogP contribution is 2.38. The first kappa shape index (κ1) is 19.2. The van der Waals surface area contributed by atoms with Gasteiger partial charge >= 0.3 is 0 Å². The summed E-state index contributed by atoms with van der Waals surface area (Å²) in [4.78, 5) is 0.340. The smallest absolute Gasteiger partial charge is 0.207 e. The summed E-state index contributed by atoms with van der Waals surface area (Å²) < 4.78 is 28.3. The molecule has 0 radical (unpaired) electrons. The van der Waals surface area contributed by atoms with E-state index in [1.165, 1.54) is 0 Å². The Morgan fingerprint density at radius 2 is 1.73 bits per heavy atom. The Labute approximate surface area is 161 Å². The van der Waals surface area contributed by atoms with E-state index in [9.17, 15) is 8.42 Å². The third-order valence-corrected chi connectivity index (χ3v) is 7.06. The molecule has 0 saturated carbocycles. The topological polar surface area (TPSA) is 37.4 Å². The Morgan fingerprint density at radius 3 is 2.31 bits per heavy atom. The lowest BCUT2D eigenvalue weighted by atomic mass is 9.98. The van der Waals surface area contributed by atoms with Gasteiger partial charge in [-0.25, -0.2) is 8.42 Å². The molecule has 0 aromatic heterocycles. The van der Waals surface area contributed by atoms with Crippen LogP contribution in [0.4, 0.5) is 0 Å². The van der Waals surface area contributed by atoms with Crippen LogP contribution in [0, 0.1) is 6.92 Å². The van der Waals surface area contributed by atoms with Gasteiger partial charge in [-0.2, -0.15) is 4.31 Å². The summed E-state index contributed by atoms with van der Waals surface area (Å²) in [5.74, 6) is 0.342. The Morgan fingerprint density at radius 1 is 1.08 bits per heavy atom. The highest BCUT2D eigenvalue weighted by Gasteiger charge is 2.39. The lowest BCUT2D eigenvalue weighted by Crippen LogP contribution is -2.37. The number of sulfonamides is 1. The van der Waals surface area contributed by atoms with Crippen LogP contribution in [-0.2, 0) is 10.0 Å². The minimum atomic E-state index is -3.58. The molecule has 1 heterocycles. The first-order valence-electron chi connectivity index (χ1n) is 8.90. The summed E-state index contributed by atoms with van der Waals surface area (Å²) in [6, 6.07) is 16.8. The molecule has 0 aliphatic carbocycles. The molecule has 0 amide bonds. The van der Waals surface area contributed by atoms with Gasteiger partial charge in [0.25, 0.3) is 0 Å². The zero-order valence-electron chi connectivity index (χ0n) is 15.2. The van der Waals surface area contributed by atoms with Crippen molar-refractivity contribution in [1.29, 1.82) is 0 Å². The number of halogens is 1. The molecule has 138 valence electrons. The van der Waals surface area contributed by atoms with Gasteiger partial charge in [0.05, 0.1) is 4.90 Å². The molecule has 1 aliphatic rings. The van der Waals surface area contributed by atoms with Gasteiger partial charge in [-0.15, -0.1) is 11.6 Å². The first-order chi connectivity index (χ1) is 12.5. The molecule has 0 N–H and O–H groups in total. The van der Waals surface area contributed by atoms with Gasteiger partial charge in [-0.3, -0.25) is 0 Å². The Balaban J connectivity index is 2.04. The number of hydrogen-bond donors (Lipinski definition) is 0. The number of benzene rings is 2. The fraction of sp³-hybridized carbons (Fsp3) is 0.333. The highest BCUT2D eigenvalue weighted by molar-refractivity contribution is 7.89. The molecule has 2 aromatic carbocycles. The van der Waals surface area contributed by atoms with E-state index in [0.29, 0.717) is 17.3 Å². The van der Waals surface area contributed by atoms with Crippen LogP contribution in [0.15, 0.2) is 65.1 Å². The molecule has 1 unspecified atom stereocenters. The predicted molar refractivity (Wildman–Crippen MR) is 108 cm³/mol. The van der Waals surface area contributed by atoms with E-state index in [4.69, 9.17) is 11.6 Å². The van der Waals surface area contributed by atoms with Crippen LogP contribution < -0.4 is 0 Å². The van der Waals surface area contributed by atoms with Gasteiger partial charge in [0, 0.05) is 18.5 Å². The van der Waals surface area contributed by atoms with Crippen molar-refractivity contribution in [3.8, 4) is 0 Å². The van der Waals surface area contributed by atoms with Crippen molar-refractivity contribution in [3.63, 3.8) is 0 Å². The standard InChI is InChI=1S/C21H24ClNO2S/c1-3-7-21-19(14-22)20(17-8-5-4-6-9-17)15-23(21)26(24,25)18-12-10-16(2)11-13-18/h4-6,8-13,21H,3,7,14-15H2,1-2H3. The van der Waals surface area contributed by atoms with E-state index >= 15 is 0 Å². The van der Waals surface area contributed by atoms with E-state index in [0.717, 1.165) is 35.1 Å². The minimum absolute atomic E-state index is 0.181. The zero-order chi connectivity index (χ0) is 18.7. The average Bonchev–Trinajstić information content (AvgIpc) is 3.02. The number of rotatable bonds is 6. The normalized spacial score (nSPS) is 18.5. The maximum absolute atomic E-state index is 13.3. The highest BCUT2D eigenvalue weighted by atomic mass is 35.5. The van der Waals surface area contributed by atoms with Gasteiger partial charge < -0.3 is 0 Å². The summed E-state index contributed by atoms with van der Waals surface area (Å²) >= 11 is 6.29. The van der Waals surface area contributed by atoms with Gasteiger partial charge in [0.15, 0.2) is 0 Å². The van der Waals surface area contributed by atoms with Gasteiger partial charge in [0.1, 0.15) is 0 Å². The quantitative estimate of drug-likeness (QED) is 0.661. The van der Waals surface area contributed by atoms with Crippen LogP contribution in [0.2, 0.25) is 0 Å². The largest absolute Gasteiger partial charge is 0.243 e. The predicted octanol–water partition coefficient (Wildman–Crippen LogP) is 4.86. The van der Waals surface area contributed by atoms with Crippen LogP contribution in [0.5, 0.6) is 0 Å². The van der Waals surface area contributed by atoms with E-state index in [-0.39, 0.29) is 6.04 Å². The third kappa shape index (κ3) is 3.59. The monoisotopic (exact) mass is 389 g/mol. The summed E-state index contributed by atoms with van der Waals surface area (Å²) in [5.41, 5.74) is 4.15.